The van der Waals surface area contributed by atoms with Crippen LogP contribution in [0.5, 0.6) is 0 Å². The van der Waals surface area contributed by atoms with Gasteiger partial charge in [0.05, 0.1) is 25.4 Å². The van der Waals surface area contributed by atoms with Crippen LogP contribution in [-0.2, 0) is 14.3 Å². The number of unbranched alkanes of at least 4 members (excludes halogenated alkanes) is 23. The largest absolute Gasteiger partial charge is 0.394 e. The molecule has 0 bridgehead atoms. The van der Waals surface area contributed by atoms with Crippen LogP contribution in [-0.4, -0.2) is 87.5 Å². The molecule has 9 heteroatoms. The lowest BCUT2D eigenvalue weighted by atomic mass is 9.99. The first-order valence-electron chi connectivity index (χ1n) is 27.9. The van der Waals surface area contributed by atoms with Crippen molar-refractivity contribution in [2.24, 2.45) is 0 Å². The average Bonchev–Trinajstić information content (AvgIpc) is 3.35. The van der Waals surface area contributed by atoms with Crippen molar-refractivity contribution in [3.05, 3.63) is 97.2 Å². The summed E-state index contributed by atoms with van der Waals surface area (Å²) in [6.07, 6.45) is 63.9. The molecule has 9 nitrogen and oxygen atoms in total. The van der Waals surface area contributed by atoms with Crippen LogP contribution in [0.4, 0.5) is 0 Å². The second kappa shape index (κ2) is 48.7. The van der Waals surface area contributed by atoms with Gasteiger partial charge in [-0.2, -0.15) is 0 Å². The molecule has 0 aromatic carbocycles. The van der Waals surface area contributed by atoms with Gasteiger partial charge in [-0.15, -0.1) is 0 Å². The molecular formula is C60H103NO8. The van der Waals surface area contributed by atoms with Crippen LogP contribution in [0.2, 0.25) is 0 Å². The maximum Gasteiger partial charge on any atom is 0.220 e. The predicted octanol–water partition coefficient (Wildman–Crippen LogP) is 13.6. The van der Waals surface area contributed by atoms with Gasteiger partial charge in [-0.05, 0) is 84.0 Å². The van der Waals surface area contributed by atoms with E-state index in [0.29, 0.717) is 6.42 Å². The van der Waals surface area contributed by atoms with Gasteiger partial charge in [0.25, 0.3) is 0 Å². The topological polar surface area (TPSA) is 149 Å². The van der Waals surface area contributed by atoms with E-state index in [1.165, 1.54) is 122 Å². The van der Waals surface area contributed by atoms with E-state index in [0.717, 1.165) is 77.0 Å². The number of rotatable bonds is 46. The predicted molar refractivity (Wildman–Crippen MR) is 290 cm³/mol. The van der Waals surface area contributed by atoms with Crippen molar-refractivity contribution in [1.29, 1.82) is 0 Å². The van der Waals surface area contributed by atoms with Crippen molar-refractivity contribution >= 4 is 5.91 Å². The van der Waals surface area contributed by atoms with E-state index < -0.39 is 49.5 Å². The number of nitrogens with one attached hydrogen (secondary N) is 1. The summed E-state index contributed by atoms with van der Waals surface area (Å²) in [5.74, 6) is -0.195. The fraction of sp³-hybridized carbons (Fsp3) is 0.717. The van der Waals surface area contributed by atoms with Gasteiger partial charge in [-0.25, -0.2) is 0 Å². The van der Waals surface area contributed by atoms with Crippen molar-refractivity contribution in [1.82, 2.24) is 5.32 Å². The lowest BCUT2D eigenvalue weighted by Gasteiger charge is -2.40. The zero-order chi connectivity index (χ0) is 50.1. The fourth-order valence-corrected chi connectivity index (χ4v) is 8.34. The van der Waals surface area contributed by atoms with Gasteiger partial charge in [0.2, 0.25) is 5.91 Å². The third-order valence-electron chi connectivity index (χ3n) is 12.7. The Bertz CT molecular complexity index is 1400. The molecule has 69 heavy (non-hydrogen) atoms. The van der Waals surface area contributed by atoms with E-state index in [-0.39, 0.29) is 12.5 Å². The Kier molecular flexibility index (Phi) is 45.3. The minimum atomic E-state index is -1.58. The number of aliphatic hydroxyl groups is 5. The highest BCUT2D eigenvalue weighted by Gasteiger charge is 2.44. The number of ether oxygens (including phenoxy) is 2. The summed E-state index contributed by atoms with van der Waals surface area (Å²) in [6.45, 7) is 3.40. The molecule has 0 aromatic heterocycles. The summed E-state index contributed by atoms with van der Waals surface area (Å²) in [7, 11) is 0. The summed E-state index contributed by atoms with van der Waals surface area (Å²) >= 11 is 0. The summed E-state index contributed by atoms with van der Waals surface area (Å²) < 4.78 is 11.2. The lowest BCUT2D eigenvalue weighted by Crippen LogP contribution is -2.60. The van der Waals surface area contributed by atoms with E-state index in [2.05, 4.69) is 91.2 Å². The van der Waals surface area contributed by atoms with Crippen molar-refractivity contribution in [3.8, 4) is 0 Å². The molecule has 0 radical (unpaired) electrons. The Labute approximate surface area is 422 Å². The number of carbonyl (C=O) groups is 1. The molecule has 6 N–H and O–H groups in total. The van der Waals surface area contributed by atoms with Crippen LogP contribution in [0.15, 0.2) is 97.2 Å². The molecule has 0 spiro atoms. The molecule has 0 aliphatic carbocycles. The van der Waals surface area contributed by atoms with Gasteiger partial charge in [-0.1, -0.05) is 226 Å². The summed E-state index contributed by atoms with van der Waals surface area (Å²) in [5, 5.41) is 54.1. The third-order valence-corrected chi connectivity index (χ3v) is 12.7. The molecule has 0 aromatic rings. The molecule has 1 aliphatic heterocycles. The van der Waals surface area contributed by atoms with E-state index in [4.69, 9.17) is 9.47 Å². The van der Waals surface area contributed by atoms with Gasteiger partial charge < -0.3 is 40.3 Å². The third kappa shape index (κ3) is 38.5. The first kappa shape index (κ1) is 64.1. The van der Waals surface area contributed by atoms with Gasteiger partial charge in [-0.3, -0.25) is 4.79 Å². The molecule has 1 saturated heterocycles. The molecular weight excluding hydrogens is 863 g/mol. The highest BCUT2D eigenvalue weighted by atomic mass is 16.7. The Morgan fingerprint density at radius 1 is 0.522 bits per heavy atom. The molecule has 1 aliphatic rings. The first-order valence-corrected chi connectivity index (χ1v) is 27.9. The summed E-state index contributed by atoms with van der Waals surface area (Å²) in [5.41, 5.74) is 0. The van der Waals surface area contributed by atoms with Gasteiger partial charge in [0.1, 0.15) is 24.4 Å². The Morgan fingerprint density at radius 3 is 1.39 bits per heavy atom. The molecule has 1 heterocycles. The van der Waals surface area contributed by atoms with Gasteiger partial charge in [0.15, 0.2) is 6.29 Å². The molecule has 0 saturated carbocycles. The molecule has 1 amide bonds. The van der Waals surface area contributed by atoms with E-state index in [9.17, 15) is 30.3 Å². The number of allylic oxidation sites excluding steroid dienone is 15. The zero-order valence-electron chi connectivity index (χ0n) is 43.8. The SMILES string of the molecule is C/C=C/CC/C=C/CC/C=C/C(O)C(COC1OC(CO)C(O)C(O)C1O)NC(=O)CCCCCCCCCCCCCCCCCCCCCCC/C=C\C/C=C\C/C=C\C/C=C\C/C=C\CC. The standard InChI is InChI=1S/C60H103NO8/c1-3-5-7-9-11-13-14-15-16-17-18-19-20-21-22-23-24-25-26-27-28-29-30-31-32-33-34-35-36-37-38-39-40-42-44-46-48-50-56(64)61-53(54(63)49-47-45-43-41-12-10-8-6-4-2)52-68-60-59(67)58(66)57(65)55(51-62)69-60/h4-7,11-13,15-16,18-19,21-22,41,47,49,53-55,57-60,62-63,65-67H,3,8-10,14,17,20,23-40,42-46,48,50-52H2,1-2H3,(H,61,64)/b6-4+,7-5-,13-11-,16-15-,19-18-,22-21-,41-12+,49-47+. The number of amides is 1. The monoisotopic (exact) mass is 966 g/mol. The molecule has 1 fully saturated rings. The van der Waals surface area contributed by atoms with Crippen LogP contribution >= 0.6 is 0 Å². The normalized spacial score (nSPS) is 20.2. The number of hydrogen-bond donors (Lipinski definition) is 6. The first-order chi connectivity index (χ1) is 33.8. The fourth-order valence-electron chi connectivity index (χ4n) is 8.34. The Hall–Kier alpha value is -2.89. The number of carbonyl (C=O) groups excluding carboxylic acids is 1. The highest BCUT2D eigenvalue weighted by molar-refractivity contribution is 5.76. The quantitative estimate of drug-likeness (QED) is 0.0261. The van der Waals surface area contributed by atoms with E-state index in [1.807, 2.05) is 19.1 Å². The van der Waals surface area contributed by atoms with E-state index >= 15 is 0 Å². The van der Waals surface area contributed by atoms with E-state index in [1.54, 1.807) is 6.08 Å². The maximum atomic E-state index is 13.0. The van der Waals surface area contributed by atoms with Crippen LogP contribution in [0, 0.1) is 0 Å². The molecule has 7 unspecified atom stereocenters. The zero-order valence-corrected chi connectivity index (χ0v) is 43.8. The average molecular weight is 966 g/mol. The van der Waals surface area contributed by atoms with Crippen LogP contribution in [0.3, 0.4) is 0 Å². The molecule has 7 atom stereocenters. The van der Waals surface area contributed by atoms with Crippen LogP contribution in [0.1, 0.15) is 219 Å². The number of hydrogen-bond acceptors (Lipinski definition) is 8. The maximum absolute atomic E-state index is 13.0. The highest BCUT2D eigenvalue weighted by Crippen LogP contribution is 2.23. The van der Waals surface area contributed by atoms with Crippen molar-refractivity contribution in [2.75, 3.05) is 13.2 Å². The smallest absolute Gasteiger partial charge is 0.220 e. The summed E-state index contributed by atoms with van der Waals surface area (Å²) in [6, 6.07) is -0.828. The number of aliphatic hydroxyl groups excluding tert-OH is 5. The Morgan fingerprint density at radius 2 is 0.928 bits per heavy atom. The van der Waals surface area contributed by atoms with Crippen molar-refractivity contribution < 1.29 is 39.8 Å². The van der Waals surface area contributed by atoms with Crippen LogP contribution < -0.4 is 5.32 Å². The van der Waals surface area contributed by atoms with Gasteiger partial charge >= 0.3 is 0 Å². The van der Waals surface area contributed by atoms with Gasteiger partial charge in [0, 0.05) is 6.42 Å². The second-order valence-electron chi connectivity index (χ2n) is 19.0. The van der Waals surface area contributed by atoms with Crippen LogP contribution in [0.25, 0.3) is 0 Å². The molecule has 1 rings (SSSR count). The molecule has 396 valence electrons. The summed E-state index contributed by atoms with van der Waals surface area (Å²) in [4.78, 5) is 13.0. The van der Waals surface area contributed by atoms with Crippen molar-refractivity contribution in [3.63, 3.8) is 0 Å². The minimum Gasteiger partial charge on any atom is -0.394 e. The van der Waals surface area contributed by atoms with Crippen molar-refractivity contribution in [2.45, 2.75) is 262 Å². The minimum absolute atomic E-state index is 0.195. The Balaban J connectivity index is 2.04. The lowest BCUT2D eigenvalue weighted by molar-refractivity contribution is -0.302. The second-order valence-corrected chi connectivity index (χ2v) is 19.0.